The molecular formula is C22H38O4. The van der Waals surface area contributed by atoms with Gasteiger partial charge in [0.1, 0.15) is 6.79 Å². The molecule has 0 amide bonds. The average molecular weight is 367 g/mol. The summed E-state index contributed by atoms with van der Waals surface area (Å²) in [5, 5.41) is 8.71. The largest absolute Gasteiger partial charge is 0.481 e. The molecule has 0 saturated carbocycles. The lowest BCUT2D eigenvalue weighted by atomic mass is 10.1. The Hall–Kier alpha value is -1.39. The molecule has 4 nitrogen and oxygen atoms in total. The van der Waals surface area contributed by atoms with Gasteiger partial charge in [-0.3, -0.25) is 4.79 Å². The summed E-state index contributed by atoms with van der Waals surface area (Å²) < 4.78 is 10.6. The van der Waals surface area contributed by atoms with Crippen LogP contribution < -0.4 is 0 Å². The first-order valence-corrected chi connectivity index (χ1v) is 9.98. The summed E-state index contributed by atoms with van der Waals surface area (Å²) in [6, 6.07) is 0. The van der Waals surface area contributed by atoms with Gasteiger partial charge < -0.3 is 14.6 Å². The monoisotopic (exact) mass is 366 g/mol. The van der Waals surface area contributed by atoms with Gasteiger partial charge in [0.25, 0.3) is 0 Å². The van der Waals surface area contributed by atoms with Crippen molar-refractivity contribution in [3.05, 3.63) is 36.5 Å². The first-order valence-electron chi connectivity index (χ1n) is 9.98. The van der Waals surface area contributed by atoms with Gasteiger partial charge in [0.2, 0.25) is 0 Å². The van der Waals surface area contributed by atoms with Crippen molar-refractivity contribution in [1.82, 2.24) is 0 Å². The van der Waals surface area contributed by atoms with Crippen LogP contribution in [0.3, 0.4) is 0 Å². The van der Waals surface area contributed by atoms with Gasteiger partial charge in [0.05, 0.1) is 6.10 Å². The highest BCUT2D eigenvalue weighted by atomic mass is 16.7. The van der Waals surface area contributed by atoms with E-state index in [1.54, 1.807) is 7.11 Å². The molecule has 1 N–H and O–H groups in total. The summed E-state index contributed by atoms with van der Waals surface area (Å²) in [6.45, 7) is 2.49. The van der Waals surface area contributed by atoms with Crippen LogP contribution in [0.4, 0.5) is 0 Å². The molecule has 0 aromatic heterocycles. The molecule has 0 rings (SSSR count). The maximum absolute atomic E-state index is 10.6. The minimum absolute atomic E-state index is 0.0623. The Morgan fingerprint density at radius 3 is 2.19 bits per heavy atom. The topological polar surface area (TPSA) is 55.8 Å². The average Bonchev–Trinajstić information content (AvgIpc) is 2.62. The van der Waals surface area contributed by atoms with Crippen LogP contribution in [0.5, 0.6) is 0 Å². The number of carboxylic acids is 1. The van der Waals surface area contributed by atoms with E-state index in [1.807, 2.05) is 0 Å². The third-order valence-electron chi connectivity index (χ3n) is 4.01. The minimum Gasteiger partial charge on any atom is -0.481 e. The van der Waals surface area contributed by atoms with Crippen molar-refractivity contribution >= 4 is 5.97 Å². The van der Waals surface area contributed by atoms with Gasteiger partial charge in [-0.2, -0.15) is 0 Å². The number of unbranched alkanes of at least 4 members (excludes halogenated alkanes) is 3. The Labute approximate surface area is 160 Å². The second kappa shape index (κ2) is 19.9. The molecule has 4 heteroatoms. The van der Waals surface area contributed by atoms with Gasteiger partial charge in [-0.1, -0.05) is 56.2 Å². The maximum atomic E-state index is 10.6. The van der Waals surface area contributed by atoms with E-state index in [4.69, 9.17) is 14.6 Å². The van der Waals surface area contributed by atoms with E-state index in [0.29, 0.717) is 6.42 Å². The molecule has 0 aromatic carbocycles. The van der Waals surface area contributed by atoms with E-state index in [9.17, 15) is 4.79 Å². The summed E-state index contributed by atoms with van der Waals surface area (Å²) in [5.74, 6) is -0.752. The van der Waals surface area contributed by atoms with Crippen molar-refractivity contribution in [1.29, 1.82) is 0 Å². The van der Waals surface area contributed by atoms with Crippen LogP contribution in [0.25, 0.3) is 0 Å². The Morgan fingerprint density at radius 1 is 0.923 bits per heavy atom. The van der Waals surface area contributed by atoms with Gasteiger partial charge in [-0.25, -0.2) is 0 Å². The molecule has 0 spiro atoms. The van der Waals surface area contributed by atoms with E-state index in [2.05, 4.69) is 43.4 Å². The molecule has 0 aliphatic rings. The van der Waals surface area contributed by atoms with Crippen molar-refractivity contribution in [2.45, 2.75) is 83.7 Å². The van der Waals surface area contributed by atoms with E-state index in [-0.39, 0.29) is 19.3 Å². The molecule has 150 valence electrons. The number of aliphatic carboxylic acids is 1. The van der Waals surface area contributed by atoms with Crippen LogP contribution in [-0.2, 0) is 14.3 Å². The van der Waals surface area contributed by atoms with Crippen molar-refractivity contribution in [2.24, 2.45) is 0 Å². The second-order valence-corrected chi connectivity index (χ2v) is 6.44. The smallest absolute Gasteiger partial charge is 0.303 e. The van der Waals surface area contributed by atoms with Gasteiger partial charge in [0, 0.05) is 13.5 Å². The Bertz CT molecular complexity index is 399. The van der Waals surface area contributed by atoms with Crippen LogP contribution in [0.2, 0.25) is 0 Å². The quantitative estimate of drug-likeness (QED) is 0.182. The molecular weight excluding hydrogens is 328 g/mol. The zero-order chi connectivity index (χ0) is 19.3. The third-order valence-corrected chi connectivity index (χ3v) is 4.01. The van der Waals surface area contributed by atoms with Crippen LogP contribution in [0.1, 0.15) is 77.6 Å². The molecule has 0 unspecified atom stereocenters. The minimum atomic E-state index is -0.752. The van der Waals surface area contributed by atoms with Crippen LogP contribution in [-0.4, -0.2) is 31.1 Å². The SMILES string of the molecule is CCCCC/C=C\C/C=C\C/C=C\CC[C@H](CCCC(=O)O)OCOC. The van der Waals surface area contributed by atoms with Crippen molar-refractivity contribution in [2.75, 3.05) is 13.9 Å². The Balaban J connectivity index is 3.77. The second-order valence-electron chi connectivity index (χ2n) is 6.44. The highest BCUT2D eigenvalue weighted by Gasteiger charge is 2.09. The number of ether oxygens (including phenoxy) is 2. The summed E-state index contributed by atoms with van der Waals surface area (Å²) in [6.07, 6.45) is 23.8. The number of allylic oxidation sites excluding steroid dienone is 6. The van der Waals surface area contributed by atoms with Crippen molar-refractivity contribution in [3.63, 3.8) is 0 Å². The highest BCUT2D eigenvalue weighted by Crippen LogP contribution is 2.12. The normalized spacial score (nSPS) is 13.3. The van der Waals surface area contributed by atoms with E-state index in [0.717, 1.165) is 32.1 Å². The lowest BCUT2D eigenvalue weighted by Crippen LogP contribution is -2.15. The van der Waals surface area contributed by atoms with E-state index < -0.39 is 5.97 Å². The zero-order valence-corrected chi connectivity index (χ0v) is 16.7. The molecule has 26 heavy (non-hydrogen) atoms. The third kappa shape index (κ3) is 18.9. The fourth-order valence-corrected chi connectivity index (χ4v) is 2.53. The first-order chi connectivity index (χ1) is 12.7. The predicted molar refractivity (Wildman–Crippen MR) is 108 cm³/mol. The van der Waals surface area contributed by atoms with Gasteiger partial charge in [-0.05, 0) is 51.4 Å². The van der Waals surface area contributed by atoms with E-state index in [1.165, 1.54) is 25.7 Å². The summed E-state index contributed by atoms with van der Waals surface area (Å²) in [4.78, 5) is 10.6. The lowest BCUT2D eigenvalue weighted by Gasteiger charge is -2.16. The van der Waals surface area contributed by atoms with Crippen molar-refractivity contribution in [3.8, 4) is 0 Å². The predicted octanol–water partition coefficient (Wildman–Crippen LogP) is 6.04. The summed E-state index contributed by atoms with van der Waals surface area (Å²) in [7, 11) is 1.60. The Kier molecular flexibility index (Phi) is 18.9. The number of hydrogen-bond acceptors (Lipinski definition) is 3. The fraction of sp³-hybridized carbons (Fsp3) is 0.682. The lowest BCUT2D eigenvalue weighted by molar-refractivity contribution is -0.137. The molecule has 0 bridgehead atoms. The zero-order valence-electron chi connectivity index (χ0n) is 16.7. The van der Waals surface area contributed by atoms with Crippen LogP contribution in [0.15, 0.2) is 36.5 Å². The molecule has 0 saturated heterocycles. The summed E-state index contributed by atoms with van der Waals surface area (Å²) >= 11 is 0. The number of carbonyl (C=O) groups is 1. The molecule has 0 aromatic rings. The van der Waals surface area contributed by atoms with Crippen LogP contribution in [0, 0.1) is 0 Å². The van der Waals surface area contributed by atoms with Crippen LogP contribution >= 0.6 is 0 Å². The van der Waals surface area contributed by atoms with Gasteiger partial charge >= 0.3 is 5.97 Å². The van der Waals surface area contributed by atoms with E-state index >= 15 is 0 Å². The molecule has 0 heterocycles. The van der Waals surface area contributed by atoms with Crippen molar-refractivity contribution < 1.29 is 19.4 Å². The highest BCUT2D eigenvalue weighted by molar-refractivity contribution is 5.66. The standard InChI is InChI=1S/C22H38O4/c1-3-4-5-6-7-8-9-10-11-12-13-14-15-17-21(26-20-25-2)18-16-19-22(23)24/h7-8,10-11,13-14,21H,3-6,9,12,15-20H2,1-2H3,(H,23,24)/b8-7-,11-10-,14-13-/t21-/m1/s1. The maximum Gasteiger partial charge on any atom is 0.303 e. The summed E-state index contributed by atoms with van der Waals surface area (Å²) in [5.41, 5.74) is 0. The fourth-order valence-electron chi connectivity index (χ4n) is 2.53. The first kappa shape index (κ1) is 24.6. The van der Waals surface area contributed by atoms with Gasteiger partial charge in [-0.15, -0.1) is 0 Å². The molecule has 0 aliphatic carbocycles. The number of carboxylic acid groups (broad SMARTS) is 1. The molecule has 0 fully saturated rings. The molecule has 0 radical (unpaired) electrons. The van der Waals surface area contributed by atoms with Gasteiger partial charge in [0.15, 0.2) is 0 Å². The Morgan fingerprint density at radius 2 is 1.58 bits per heavy atom. The number of hydrogen-bond donors (Lipinski definition) is 1. The number of rotatable bonds is 18. The molecule has 0 aliphatic heterocycles. The number of methoxy groups -OCH3 is 1. The molecule has 1 atom stereocenters.